The van der Waals surface area contributed by atoms with Gasteiger partial charge in [0.1, 0.15) is 11.9 Å². The fraction of sp³-hybridized carbons (Fsp3) is 0.385. The lowest BCUT2D eigenvalue weighted by atomic mass is 10.1. The molecule has 0 aromatic heterocycles. The average Bonchev–Trinajstić information content (AvgIpc) is 2.33. The number of piperazine rings is 1. The molecule has 1 saturated heterocycles. The molecule has 0 bridgehead atoms. The molecule has 1 unspecified atom stereocenters. The van der Waals surface area contributed by atoms with Crippen LogP contribution in [0, 0.1) is 5.82 Å². The molecular formula is C13H15FN2O3. The molecule has 1 aromatic rings. The molecule has 19 heavy (non-hydrogen) atoms. The molecule has 0 spiro atoms. The monoisotopic (exact) mass is 266 g/mol. The number of carbonyl (C=O) groups excluding carboxylic acids is 2. The SMILES string of the molecule is CC1C(=O)NC(=O)CN1c1ccc([C@@H](C)O)cc1F. The molecule has 1 fully saturated rings. The number of halogens is 1. The van der Waals surface area contributed by atoms with E-state index in [1.165, 1.54) is 24.0 Å². The van der Waals surface area contributed by atoms with Gasteiger partial charge in [0.2, 0.25) is 11.8 Å². The Hall–Kier alpha value is -1.95. The summed E-state index contributed by atoms with van der Waals surface area (Å²) in [7, 11) is 0. The molecule has 102 valence electrons. The normalized spacial score (nSPS) is 21.3. The van der Waals surface area contributed by atoms with Crippen LogP contribution in [0.25, 0.3) is 0 Å². The summed E-state index contributed by atoms with van der Waals surface area (Å²) in [6, 6.07) is 3.64. The Kier molecular flexibility index (Phi) is 3.53. The molecule has 1 aliphatic heterocycles. The second-order valence-corrected chi connectivity index (χ2v) is 4.60. The lowest BCUT2D eigenvalue weighted by Crippen LogP contribution is -2.57. The molecule has 1 aromatic carbocycles. The van der Waals surface area contributed by atoms with Crippen molar-refractivity contribution < 1.29 is 19.1 Å². The van der Waals surface area contributed by atoms with Gasteiger partial charge in [-0.3, -0.25) is 14.9 Å². The third-order valence-electron chi connectivity index (χ3n) is 3.19. The zero-order valence-electron chi connectivity index (χ0n) is 10.7. The van der Waals surface area contributed by atoms with Crippen LogP contribution in [0.4, 0.5) is 10.1 Å². The quantitative estimate of drug-likeness (QED) is 0.774. The highest BCUT2D eigenvalue weighted by Gasteiger charge is 2.31. The van der Waals surface area contributed by atoms with E-state index in [0.29, 0.717) is 5.56 Å². The Morgan fingerprint density at radius 2 is 2.16 bits per heavy atom. The summed E-state index contributed by atoms with van der Waals surface area (Å²) in [6.07, 6.45) is -0.771. The second kappa shape index (κ2) is 4.97. The number of nitrogens with one attached hydrogen (secondary N) is 1. The van der Waals surface area contributed by atoms with Crippen LogP contribution in [0.3, 0.4) is 0 Å². The zero-order chi connectivity index (χ0) is 14.2. The van der Waals surface area contributed by atoms with Crippen LogP contribution in [0.2, 0.25) is 0 Å². The number of rotatable bonds is 2. The average molecular weight is 266 g/mol. The molecule has 0 radical (unpaired) electrons. The minimum atomic E-state index is -0.771. The van der Waals surface area contributed by atoms with Gasteiger partial charge in [0.15, 0.2) is 0 Å². The number of hydrogen-bond donors (Lipinski definition) is 2. The van der Waals surface area contributed by atoms with Crippen molar-refractivity contribution in [1.82, 2.24) is 5.32 Å². The van der Waals surface area contributed by atoms with Crippen molar-refractivity contribution in [2.45, 2.75) is 26.0 Å². The summed E-state index contributed by atoms with van der Waals surface area (Å²) < 4.78 is 14.0. The van der Waals surface area contributed by atoms with Gasteiger partial charge in [-0.2, -0.15) is 0 Å². The molecule has 1 heterocycles. The van der Waals surface area contributed by atoms with E-state index >= 15 is 0 Å². The Morgan fingerprint density at radius 1 is 1.47 bits per heavy atom. The number of anilines is 1. The van der Waals surface area contributed by atoms with E-state index in [0.717, 1.165) is 0 Å². The van der Waals surface area contributed by atoms with Gasteiger partial charge in [-0.15, -0.1) is 0 Å². The highest BCUT2D eigenvalue weighted by Crippen LogP contribution is 2.25. The first-order valence-electron chi connectivity index (χ1n) is 5.98. The number of benzene rings is 1. The van der Waals surface area contributed by atoms with Gasteiger partial charge in [-0.05, 0) is 31.5 Å². The predicted molar refractivity (Wildman–Crippen MR) is 67.0 cm³/mol. The van der Waals surface area contributed by atoms with E-state index in [9.17, 15) is 19.1 Å². The summed E-state index contributed by atoms with van der Waals surface area (Å²) in [5.41, 5.74) is 0.627. The number of aliphatic hydroxyl groups is 1. The molecule has 2 N–H and O–H groups in total. The smallest absolute Gasteiger partial charge is 0.249 e. The fourth-order valence-corrected chi connectivity index (χ4v) is 2.02. The summed E-state index contributed by atoms with van der Waals surface area (Å²) >= 11 is 0. The summed E-state index contributed by atoms with van der Waals surface area (Å²) in [6.45, 7) is 3.07. The molecule has 1 aliphatic rings. The molecular weight excluding hydrogens is 251 g/mol. The largest absolute Gasteiger partial charge is 0.389 e. The van der Waals surface area contributed by atoms with Gasteiger partial charge in [-0.1, -0.05) is 6.07 Å². The van der Waals surface area contributed by atoms with Crippen molar-refractivity contribution >= 4 is 17.5 Å². The first-order chi connectivity index (χ1) is 8.90. The minimum absolute atomic E-state index is 0.0716. The number of carbonyl (C=O) groups is 2. The van der Waals surface area contributed by atoms with Gasteiger partial charge in [-0.25, -0.2) is 4.39 Å². The van der Waals surface area contributed by atoms with Crippen molar-refractivity contribution in [2.75, 3.05) is 11.4 Å². The number of amides is 2. The Morgan fingerprint density at radius 3 is 2.74 bits per heavy atom. The Balaban J connectivity index is 2.35. The van der Waals surface area contributed by atoms with Gasteiger partial charge < -0.3 is 10.0 Å². The minimum Gasteiger partial charge on any atom is -0.389 e. The summed E-state index contributed by atoms with van der Waals surface area (Å²) in [5, 5.41) is 11.6. The van der Waals surface area contributed by atoms with Crippen molar-refractivity contribution in [3.63, 3.8) is 0 Å². The van der Waals surface area contributed by atoms with E-state index in [1.807, 2.05) is 0 Å². The Labute approximate surface area is 110 Å². The molecule has 2 atom stereocenters. The first kappa shape index (κ1) is 13.5. The summed E-state index contributed by atoms with van der Waals surface area (Å²) in [5.74, 6) is -1.47. The second-order valence-electron chi connectivity index (χ2n) is 4.60. The van der Waals surface area contributed by atoms with Gasteiger partial charge in [0, 0.05) is 0 Å². The van der Waals surface area contributed by atoms with Crippen LogP contribution in [0.1, 0.15) is 25.5 Å². The lowest BCUT2D eigenvalue weighted by Gasteiger charge is -2.33. The van der Waals surface area contributed by atoms with Gasteiger partial charge >= 0.3 is 0 Å². The zero-order valence-corrected chi connectivity index (χ0v) is 10.7. The lowest BCUT2D eigenvalue weighted by molar-refractivity contribution is -0.132. The van der Waals surface area contributed by atoms with Gasteiger partial charge in [0.25, 0.3) is 0 Å². The maximum Gasteiger partial charge on any atom is 0.249 e. The third-order valence-corrected chi connectivity index (χ3v) is 3.19. The maximum atomic E-state index is 14.0. The van der Waals surface area contributed by atoms with Crippen molar-refractivity contribution in [3.8, 4) is 0 Å². The maximum absolute atomic E-state index is 14.0. The van der Waals surface area contributed by atoms with E-state index < -0.39 is 29.8 Å². The molecule has 0 saturated carbocycles. The summed E-state index contributed by atoms with van der Waals surface area (Å²) in [4.78, 5) is 24.3. The molecule has 2 rings (SSSR count). The standard InChI is InChI=1S/C13H15FN2O3/c1-7-13(19)15-12(18)6-16(7)11-4-3-9(8(2)17)5-10(11)14/h3-5,7-8,17H,6H2,1-2H3,(H,15,18,19)/t7?,8-/m1/s1. The van der Waals surface area contributed by atoms with Crippen LogP contribution in [0.5, 0.6) is 0 Å². The predicted octanol–water partition coefficient (Wildman–Crippen LogP) is 0.730. The van der Waals surface area contributed by atoms with Crippen LogP contribution < -0.4 is 10.2 Å². The topological polar surface area (TPSA) is 69.6 Å². The van der Waals surface area contributed by atoms with E-state index in [4.69, 9.17) is 0 Å². The molecule has 0 aliphatic carbocycles. The number of imide groups is 1. The van der Waals surface area contributed by atoms with Crippen LogP contribution in [0.15, 0.2) is 18.2 Å². The van der Waals surface area contributed by atoms with Gasteiger partial charge in [0.05, 0.1) is 18.3 Å². The van der Waals surface area contributed by atoms with Crippen LogP contribution >= 0.6 is 0 Å². The molecule has 5 nitrogen and oxygen atoms in total. The highest BCUT2D eigenvalue weighted by molar-refractivity contribution is 6.04. The third kappa shape index (κ3) is 2.58. The number of nitrogens with zero attached hydrogens (tertiary/aromatic N) is 1. The number of aliphatic hydroxyl groups excluding tert-OH is 1. The van der Waals surface area contributed by atoms with E-state index in [-0.39, 0.29) is 12.2 Å². The molecule has 6 heteroatoms. The Bertz CT molecular complexity index is 531. The van der Waals surface area contributed by atoms with Crippen molar-refractivity contribution in [3.05, 3.63) is 29.6 Å². The highest BCUT2D eigenvalue weighted by atomic mass is 19.1. The van der Waals surface area contributed by atoms with E-state index in [2.05, 4.69) is 5.32 Å². The van der Waals surface area contributed by atoms with Crippen LogP contribution in [-0.2, 0) is 9.59 Å². The fourth-order valence-electron chi connectivity index (χ4n) is 2.02. The first-order valence-corrected chi connectivity index (χ1v) is 5.98. The van der Waals surface area contributed by atoms with Crippen molar-refractivity contribution in [1.29, 1.82) is 0 Å². The van der Waals surface area contributed by atoms with Crippen LogP contribution in [-0.4, -0.2) is 29.5 Å². The van der Waals surface area contributed by atoms with E-state index in [1.54, 1.807) is 13.0 Å². The number of hydrogen-bond acceptors (Lipinski definition) is 4. The molecule has 2 amide bonds. The van der Waals surface area contributed by atoms with Crippen molar-refractivity contribution in [2.24, 2.45) is 0 Å².